The Morgan fingerprint density at radius 2 is 1.46 bits per heavy atom. The minimum absolute atomic E-state index is 0.967. The number of benzene rings is 3. The van der Waals surface area contributed by atoms with Crippen LogP contribution in [-0.4, -0.2) is 19.4 Å². The number of aromatic nitrogens is 4. The number of nitrogens with zero attached hydrogens (tertiary/aromatic N) is 4. The van der Waals surface area contributed by atoms with Crippen LogP contribution in [0.3, 0.4) is 0 Å². The summed E-state index contributed by atoms with van der Waals surface area (Å²) in [6.45, 7) is 0. The summed E-state index contributed by atoms with van der Waals surface area (Å²) in [5, 5.41) is 3.29. The maximum atomic E-state index is 5.17. The topological polar surface area (TPSA) is 43.1 Å². The highest BCUT2D eigenvalue weighted by Crippen LogP contribution is 2.47. The SMILES string of the molecule is c1ccc2c(c1)Cc1cc3c(cc1-2)-c1c(ccc2nc4c5ccncc5c5cnccc5n4c12)C3. The summed E-state index contributed by atoms with van der Waals surface area (Å²) in [5.41, 5.74) is 15.4. The van der Waals surface area contributed by atoms with Crippen molar-refractivity contribution in [3.8, 4) is 22.3 Å². The van der Waals surface area contributed by atoms with Gasteiger partial charge in [-0.05, 0) is 76.1 Å². The molecular formula is C31H18N4. The molecule has 0 bridgehead atoms. The van der Waals surface area contributed by atoms with Gasteiger partial charge < -0.3 is 0 Å². The monoisotopic (exact) mass is 446 g/mol. The van der Waals surface area contributed by atoms with Crippen LogP contribution in [-0.2, 0) is 12.8 Å². The quantitative estimate of drug-likeness (QED) is 0.243. The summed E-state index contributed by atoms with van der Waals surface area (Å²) in [5.74, 6) is 0. The zero-order chi connectivity index (χ0) is 22.7. The van der Waals surface area contributed by atoms with E-state index in [1.54, 1.807) is 0 Å². The Balaban J connectivity index is 1.46. The van der Waals surface area contributed by atoms with Crippen LogP contribution in [0.4, 0.5) is 0 Å². The van der Waals surface area contributed by atoms with Crippen molar-refractivity contribution >= 4 is 38.4 Å². The second kappa shape index (κ2) is 6.10. The van der Waals surface area contributed by atoms with E-state index in [1.165, 1.54) is 50.0 Å². The molecule has 0 unspecified atom stereocenters. The fourth-order valence-corrected chi connectivity index (χ4v) is 6.48. The fourth-order valence-electron chi connectivity index (χ4n) is 6.48. The smallest absolute Gasteiger partial charge is 0.146 e. The van der Waals surface area contributed by atoms with E-state index in [4.69, 9.17) is 4.98 Å². The van der Waals surface area contributed by atoms with Crippen LogP contribution in [0, 0.1) is 0 Å². The van der Waals surface area contributed by atoms with Crippen LogP contribution in [0.25, 0.3) is 60.6 Å². The first-order valence-electron chi connectivity index (χ1n) is 12.0. The number of fused-ring (bicyclic) bond motifs is 15. The van der Waals surface area contributed by atoms with E-state index in [1.807, 2.05) is 24.8 Å². The molecule has 4 heteroatoms. The zero-order valence-electron chi connectivity index (χ0n) is 18.8. The number of hydrogen-bond donors (Lipinski definition) is 0. The van der Waals surface area contributed by atoms with Crippen molar-refractivity contribution in [3.63, 3.8) is 0 Å². The predicted octanol–water partition coefficient (Wildman–Crippen LogP) is 6.73. The van der Waals surface area contributed by atoms with E-state index in [-0.39, 0.29) is 0 Å². The summed E-state index contributed by atoms with van der Waals surface area (Å²) in [7, 11) is 0. The first kappa shape index (κ1) is 17.8. The lowest BCUT2D eigenvalue weighted by atomic mass is 9.97. The lowest BCUT2D eigenvalue weighted by Gasteiger charge is -2.11. The number of imidazole rings is 1. The molecular weight excluding hydrogens is 428 g/mol. The molecule has 4 aromatic heterocycles. The Kier molecular flexibility index (Phi) is 3.11. The van der Waals surface area contributed by atoms with E-state index in [0.717, 1.165) is 45.7 Å². The van der Waals surface area contributed by atoms with Crippen molar-refractivity contribution in [2.75, 3.05) is 0 Å². The molecule has 4 heterocycles. The summed E-state index contributed by atoms with van der Waals surface area (Å²) >= 11 is 0. The summed E-state index contributed by atoms with van der Waals surface area (Å²) < 4.78 is 2.35. The van der Waals surface area contributed by atoms with Gasteiger partial charge in [0.05, 0.1) is 16.6 Å². The van der Waals surface area contributed by atoms with E-state index < -0.39 is 0 Å². The molecule has 9 rings (SSSR count). The largest absolute Gasteiger partial charge is 0.291 e. The van der Waals surface area contributed by atoms with Gasteiger partial charge in [-0.2, -0.15) is 0 Å². The molecule has 162 valence electrons. The number of hydrogen-bond acceptors (Lipinski definition) is 3. The van der Waals surface area contributed by atoms with Gasteiger partial charge in [0.1, 0.15) is 5.65 Å². The Labute approximate surface area is 200 Å². The second-order valence-corrected chi connectivity index (χ2v) is 9.73. The molecule has 0 fully saturated rings. The Hall–Kier alpha value is -4.57. The molecule has 0 radical (unpaired) electrons. The molecule has 0 saturated carbocycles. The van der Waals surface area contributed by atoms with Gasteiger partial charge in [0.2, 0.25) is 0 Å². The molecule has 0 amide bonds. The van der Waals surface area contributed by atoms with Gasteiger partial charge in [-0.25, -0.2) is 4.98 Å². The highest BCUT2D eigenvalue weighted by molar-refractivity contribution is 6.15. The molecule has 35 heavy (non-hydrogen) atoms. The third-order valence-corrected chi connectivity index (χ3v) is 7.96. The predicted molar refractivity (Wildman–Crippen MR) is 140 cm³/mol. The summed E-state index contributed by atoms with van der Waals surface area (Å²) in [6, 6.07) is 22.3. The summed E-state index contributed by atoms with van der Waals surface area (Å²) in [4.78, 5) is 14.0. The van der Waals surface area contributed by atoms with Gasteiger partial charge in [-0.15, -0.1) is 0 Å². The Bertz CT molecular complexity index is 2070. The highest BCUT2D eigenvalue weighted by Gasteiger charge is 2.28. The first-order valence-corrected chi connectivity index (χ1v) is 12.0. The number of rotatable bonds is 0. The normalized spacial score (nSPS) is 13.5. The third-order valence-electron chi connectivity index (χ3n) is 7.96. The van der Waals surface area contributed by atoms with Crippen LogP contribution in [0.5, 0.6) is 0 Å². The molecule has 4 nitrogen and oxygen atoms in total. The van der Waals surface area contributed by atoms with Gasteiger partial charge in [-0.3, -0.25) is 14.4 Å². The van der Waals surface area contributed by atoms with Crippen LogP contribution < -0.4 is 0 Å². The molecule has 0 spiro atoms. The maximum Gasteiger partial charge on any atom is 0.146 e. The van der Waals surface area contributed by atoms with E-state index >= 15 is 0 Å². The summed E-state index contributed by atoms with van der Waals surface area (Å²) in [6.07, 6.45) is 9.60. The van der Waals surface area contributed by atoms with Gasteiger partial charge in [-0.1, -0.05) is 36.4 Å². The van der Waals surface area contributed by atoms with E-state index in [9.17, 15) is 0 Å². The first-order chi connectivity index (χ1) is 17.3. The van der Waals surface area contributed by atoms with Crippen LogP contribution in [0.2, 0.25) is 0 Å². The molecule has 0 saturated heterocycles. The molecule has 7 aromatic rings. The molecule has 2 aliphatic rings. The molecule has 3 aromatic carbocycles. The Morgan fingerprint density at radius 3 is 2.43 bits per heavy atom. The molecule has 0 atom stereocenters. The van der Waals surface area contributed by atoms with Crippen molar-refractivity contribution in [1.82, 2.24) is 19.4 Å². The lowest BCUT2D eigenvalue weighted by molar-refractivity contribution is 1.21. The lowest BCUT2D eigenvalue weighted by Crippen LogP contribution is -1.94. The van der Waals surface area contributed by atoms with Crippen LogP contribution >= 0.6 is 0 Å². The second-order valence-electron chi connectivity index (χ2n) is 9.73. The number of pyridine rings is 3. The minimum Gasteiger partial charge on any atom is -0.291 e. The highest BCUT2D eigenvalue weighted by atomic mass is 15.0. The van der Waals surface area contributed by atoms with Crippen LogP contribution in [0.1, 0.15) is 22.3 Å². The Morgan fingerprint density at radius 1 is 0.629 bits per heavy atom. The van der Waals surface area contributed by atoms with Crippen molar-refractivity contribution in [3.05, 3.63) is 108 Å². The molecule has 0 aliphatic heterocycles. The van der Waals surface area contributed by atoms with Gasteiger partial charge in [0.25, 0.3) is 0 Å². The van der Waals surface area contributed by atoms with Gasteiger partial charge in [0, 0.05) is 46.5 Å². The van der Waals surface area contributed by atoms with Crippen molar-refractivity contribution in [1.29, 1.82) is 0 Å². The van der Waals surface area contributed by atoms with Crippen molar-refractivity contribution in [2.45, 2.75) is 12.8 Å². The minimum atomic E-state index is 0.967. The fraction of sp³-hybridized carbons (Fsp3) is 0.0645. The van der Waals surface area contributed by atoms with E-state index in [0.29, 0.717) is 0 Å². The van der Waals surface area contributed by atoms with Crippen molar-refractivity contribution in [2.24, 2.45) is 0 Å². The standard InChI is InChI=1S/C31H18N4/c1-2-4-21-17(3-1)11-19-13-20-12-18-5-6-27-30(29(18)24(20)14-23(19)21)35-28-8-10-33-16-26(28)25-15-32-9-7-22(25)31(35)34-27/h1-10,13-16H,11-12H2. The molecule has 2 aliphatic carbocycles. The van der Waals surface area contributed by atoms with Crippen LogP contribution in [0.15, 0.2) is 85.5 Å². The van der Waals surface area contributed by atoms with Gasteiger partial charge in [0.15, 0.2) is 0 Å². The van der Waals surface area contributed by atoms with E-state index in [2.05, 4.69) is 75.0 Å². The average Bonchev–Trinajstić information content (AvgIpc) is 3.58. The molecule has 0 N–H and O–H groups in total. The van der Waals surface area contributed by atoms with Crippen molar-refractivity contribution < 1.29 is 0 Å². The average molecular weight is 447 g/mol. The van der Waals surface area contributed by atoms with Gasteiger partial charge >= 0.3 is 0 Å². The maximum absolute atomic E-state index is 5.17. The zero-order valence-corrected chi connectivity index (χ0v) is 18.8. The third kappa shape index (κ3) is 2.15.